The van der Waals surface area contributed by atoms with Crippen molar-refractivity contribution in [1.82, 2.24) is 9.71 Å². The smallest absolute Gasteiger partial charge is 0.242 e. The molecule has 0 saturated carbocycles. The summed E-state index contributed by atoms with van der Waals surface area (Å²) in [6.45, 7) is 6.38. The molecular formula is C11H20N2O3S. The van der Waals surface area contributed by atoms with E-state index in [-0.39, 0.29) is 16.9 Å². The second-order valence-corrected chi connectivity index (χ2v) is 6.99. The molecule has 1 aromatic rings. The van der Waals surface area contributed by atoms with Crippen molar-refractivity contribution in [2.45, 2.75) is 38.7 Å². The van der Waals surface area contributed by atoms with Crippen molar-refractivity contribution in [3.05, 3.63) is 18.0 Å². The number of aromatic nitrogens is 1. The normalized spacial score (nSPS) is 12.9. The quantitative estimate of drug-likeness (QED) is 0.744. The summed E-state index contributed by atoms with van der Waals surface area (Å²) in [4.78, 5) is 2.86. The third kappa shape index (κ3) is 4.49. The fourth-order valence-electron chi connectivity index (χ4n) is 1.31. The Labute approximate surface area is 102 Å². The van der Waals surface area contributed by atoms with Gasteiger partial charge in [0.25, 0.3) is 0 Å². The summed E-state index contributed by atoms with van der Waals surface area (Å²) >= 11 is 0. The van der Waals surface area contributed by atoms with Crippen molar-refractivity contribution in [2.75, 3.05) is 6.54 Å². The van der Waals surface area contributed by atoms with Crippen LogP contribution >= 0.6 is 0 Å². The van der Waals surface area contributed by atoms with Crippen LogP contribution in [0.5, 0.6) is 0 Å². The summed E-state index contributed by atoms with van der Waals surface area (Å²) in [6.07, 6.45) is 2.15. The van der Waals surface area contributed by atoms with Gasteiger partial charge in [-0.05, 0) is 17.9 Å². The monoisotopic (exact) mass is 260 g/mol. The van der Waals surface area contributed by atoms with E-state index in [0.29, 0.717) is 12.2 Å². The van der Waals surface area contributed by atoms with Gasteiger partial charge in [-0.1, -0.05) is 20.8 Å². The Balaban J connectivity index is 2.63. The molecule has 1 aromatic heterocycles. The largest absolute Gasteiger partial charge is 0.390 e. The van der Waals surface area contributed by atoms with Crippen LogP contribution in [0.2, 0.25) is 0 Å². The summed E-state index contributed by atoms with van der Waals surface area (Å²) in [5, 5.41) is 8.85. The molecule has 17 heavy (non-hydrogen) atoms. The molecule has 0 unspecified atom stereocenters. The molecular weight excluding hydrogens is 240 g/mol. The van der Waals surface area contributed by atoms with Gasteiger partial charge < -0.3 is 10.1 Å². The zero-order valence-corrected chi connectivity index (χ0v) is 11.3. The summed E-state index contributed by atoms with van der Waals surface area (Å²) in [5.74, 6) is 0. The number of sulfonamides is 1. The van der Waals surface area contributed by atoms with Crippen LogP contribution in [0.4, 0.5) is 0 Å². The average molecular weight is 260 g/mol. The van der Waals surface area contributed by atoms with Crippen LogP contribution in [0, 0.1) is 5.41 Å². The van der Waals surface area contributed by atoms with Crippen LogP contribution < -0.4 is 4.72 Å². The molecule has 0 saturated heterocycles. The Kier molecular flexibility index (Phi) is 4.35. The van der Waals surface area contributed by atoms with Crippen LogP contribution in [0.15, 0.2) is 17.2 Å². The molecule has 0 aliphatic heterocycles. The summed E-state index contributed by atoms with van der Waals surface area (Å²) in [6, 6.07) is 1.43. The van der Waals surface area contributed by atoms with E-state index >= 15 is 0 Å². The minimum Gasteiger partial charge on any atom is -0.390 e. The SMILES string of the molecule is CC(C)(C)CCNS(=O)(=O)c1c[nH]c(CO)c1. The molecule has 0 radical (unpaired) electrons. The third-order valence-electron chi connectivity index (χ3n) is 2.36. The lowest BCUT2D eigenvalue weighted by molar-refractivity contribution is 0.277. The minimum absolute atomic E-state index is 0.0942. The lowest BCUT2D eigenvalue weighted by Gasteiger charge is -2.17. The second-order valence-electron chi connectivity index (χ2n) is 5.23. The zero-order chi connectivity index (χ0) is 13.1. The number of aromatic amines is 1. The van der Waals surface area contributed by atoms with Crippen molar-refractivity contribution in [1.29, 1.82) is 0 Å². The number of rotatable bonds is 5. The highest BCUT2D eigenvalue weighted by Crippen LogP contribution is 2.18. The predicted molar refractivity (Wildman–Crippen MR) is 66.0 cm³/mol. The second kappa shape index (κ2) is 5.20. The van der Waals surface area contributed by atoms with E-state index in [1.165, 1.54) is 12.3 Å². The molecule has 5 nitrogen and oxygen atoms in total. The Morgan fingerprint density at radius 1 is 1.41 bits per heavy atom. The zero-order valence-electron chi connectivity index (χ0n) is 10.4. The number of nitrogens with one attached hydrogen (secondary N) is 2. The van der Waals surface area contributed by atoms with E-state index in [0.717, 1.165) is 6.42 Å². The van der Waals surface area contributed by atoms with Crippen molar-refractivity contribution < 1.29 is 13.5 Å². The van der Waals surface area contributed by atoms with E-state index in [2.05, 4.69) is 30.5 Å². The molecule has 6 heteroatoms. The number of H-pyrrole nitrogens is 1. The molecule has 0 aliphatic rings. The first kappa shape index (κ1) is 14.2. The van der Waals surface area contributed by atoms with Crippen molar-refractivity contribution in [2.24, 2.45) is 5.41 Å². The number of aliphatic hydroxyl groups excluding tert-OH is 1. The van der Waals surface area contributed by atoms with Gasteiger partial charge in [0.15, 0.2) is 0 Å². The molecule has 1 rings (SSSR count). The van der Waals surface area contributed by atoms with Gasteiger partial charge in [0.1, 0.15) is 0 Å². The lowest BCUT2D eigenvalue weighted by Crippen LogP contribution is -2.27. The van der Waals surface area contributed by atoms with Gasteiger partial charge >= 0.3 is 0 Å². The van der Waals surface area contributed by atoms with Crippen LogP contribution in [-0.4, -0.2) is 25.1 Å². The summed E-state index contributed by atoms with van der Waals surface area (Å²) < 4.78 is 26.2. The molecule has 3 N–H and O–H groups in total. The molecule has 0 amide bonds. The van der Waals surface area contributed by atoms with E-state index < -0.39 is 10.0 Å². The van der Waals surface area contributed by atoms with Crippen LogP contribution in [0.25, 0.3) is 0 Å². The van der Waals surface area contributed by atoms with Crippen molar-refractivity contribution >= 4 is 10.0 Å². The van der Waals surface area contributed by atoms with Gasteiger partial charge in [-0.15, -0.1) is 0 Å². The highest BCUT2D eigenvalue weighted by Gasteiger charge is 2.17. The van der Waals surface area contributed by atoms with E-state index in [1.807, 2.05) is 0 Å². The summed E-state index contributed by atoms with van der Waals surface area (Å²) in [7, 11) is -3.46. The number of aliphatic hydroxyl groups is 1. The first-order chi connectivity index (χ1) is 7.74. The Morgan fingerprint density at radius 2 is 2.06 bits per heavy atom. The molecule has 0 bridgehead atoms. The van der Waals surface area contributed by atoms with Gasteiger partial charge in [0.05, 0.1) is 11.5 Å². The van der Waals surface area contributed by atoms with Gasteiger partial charge in [-0.25, -0.2) is 13.1 Å². The van der Waals surface area contributed by atoms with Crippen molar-refractivity contribution in [3.63, 3.8) is 0 Å². The number of hydrogen-bond acceptors (Lipinski definition) is 3. The highest BCUT2D eigenvalue weighted by molar-refractivity contribution is 7.89. The van der Waals surface area contributed by atoms with Crippen LogP contribution in [-0.2, 0) is 16.6 Å². The van der Waals surface area contributed by atoms with Crippen LogP contribution in [0.1, 0.15) is 32.9 Å². The predicted octanol–water partition coefficient (Wildman–Crippen LogP) is 1.22. The Bertz CT molecular complexity index is 457. The fourth-order valence-corrected chi connectivity index (χ4v) is 2.36. The topological polar surface area (TPSA) is 82.2 Å². The van der Waals surface area contributed by atoms with Crippen LogP contribution in [0.3, 0.4) is 0 Å². The first-order valence-corrected chi connectivity index (χ1v) is 7.01. The Hall–Kier alpha value is -0.850. The maximum atomic E-state index is 11.8. The molecule has 0 aromatic carbocycles. The molecule has 98 valence electrons. The molecule has 0 fully saturated rings. The van der Waals surface area contributed by atoms with Crippen molar-refractivity contribution in [3.8, 4) is 0 Å². The summed E-state index contributed by atoms with van der Waals surface area (Å²) in [5.41, 5.74) is 0.581. The minimum atomic E-state index is -3.46. The maximum Gasteiger partial charge on any atom is 0.242 e. The van der Waals surface area contributed by atoms with Gasteiger partial charge in [0, 0.05) is 18.4 Å². The average Bonchev–Trinajstić information content (AvgIpc) is 2.63. The molecule has 1 heterocycles. The van der Waals surface area contributed by atoms with E-state index in [1.54, 1.807) is 0 Å². The highest BCUT2D eigenvalue weighted by atomic mass is 32.2. The lowest BCUT2D eigenvalue weighted by atomic mass is 9.93. The third-order valence-corrected chi connectivity index (χ3v) is 3.80. The van der Waals surface area contributed by atoms with Gasteiger partial charge in [-0.3, -0.25) is 0 Å². The molecule has 0 spiro atoms. The van der Waals surface area contributed by atoms with E-state index in [4.69, 9.17) is 5.11 Å². The van der Waals surface area contributed by atoms with Gasteiger partial charge in [0.2, 0.25) is 10.0 Å². The van der Waals surface area contributed by atoms with E-state index in [9.17, 15) is 8.42 Å². The van der Waals surface area contributed by atoms with Gasteiger partial charge in [-0.2, -0.15) is 0 Å². The maximum absolute atomic E-state index is 11.8. The molecule has 0 aliphatic carbocycles. The number of hydrogen-bond donors (Lipinski definition) is 3. The fraction of sp³-hybridized carbons (Fsp3) is 0.636. The first-order valence-electron chi connectivity index (χ1n) is 5.52. The Morgan fingerprint density at radius 3 is 2.53 bits per heavy atom. The standard InChI is InChI=1S/C11H20N2O3S/c1-11(2,3)4-5-13-17(15,16)10-6-9(8-14)12-7-10/h6-7,12-14H,4-5,8H2,1-3H3. The molecule has 0 atom stereocenters.